The third-order valence-electron chi connectivity index (χ3n) is 4.20. The zero-order chi connectivity index (χ0) is 15.1. The molecular weight excluding hydrogens is 288 g/mol. The molecule has 0 amide bonds. The fraction of sp³-hybridized carbons (Fsp3) is 1.00. The van der Waals surface area contributed by atoms with Crippen LogP contribution in [0.3, 0.4) is 0 Å². The normalized spacial score (nSPS) is 20.5. The molecule has 0 aromatic heterocycles. The van der Waals surface area contributed by atoms with Gasteiger partial charge in [0.15, 0.2) is 0 Å². The number of nitrogens with zero attached hydrogens (tertiary/aromatic N) is 2. The van der Waals surface area contributed by atoms with Gasteiger partial charge in [-0.1, -0.05) is 0 Å². The van der Waals surface area contributed by atoms with Crippen molar-refractivity contribution in [2.24, 2.45) is 0 Å². The third-order valence-corrected chi connectivity index (χ3v) is 5.78. The fourth-order valence-electron chi connectivity index (χ4n) is 2.64. The van der Waals surface area contributed by atoms with E-state index in [9.17, 15) is 8.42 Å². The summed E-state index contributed by atoms with van der Waals surface area (Å²) < 4.78 is 28.2. The van der Waals surface area contributed by atoms with Crippen LogP contribution in [-0.2, 0) is 10.2 Å². The minimum Gasteiger partial charge on any atom is -0.314 e. The van der Waals surface area contributed by atoms with Crippen LogP contribution in [0.5, 0.6) is 0 Å². The Morgan fingerprint density at radius 2 is 1.86 bits per heavy atom. The summed E-state index contributed by atoms with van der Waals surface area (Å²) in [6.07, 6.45) is 6.85. The fourth-order valence-corrected chi connectivity index (χ4v) is 3.63. The number of likely N-dealkylation sites (tertiary alicyclic amines) is 1. The second-order valence-electron chi connectivity index (χ2n) is 6.21. The lowest BCUT2D eigenvalue weighted by atomic mass is 10.4. The van der Waals surface area contributed by atoms with E-state index in [0.29, 0.717) is 19.1 Å². The molecule has 1 aliphatic heterocycles. The molecule has 1 saturated carbocycles. The van der Waals surface area contributed by atoms with Gasteiger partial charge in [-0.3, -0.25) is 0 Å². The molecule has 2 N–H and O–H groups in total. The molecule has 0 aromatic carbocycles. The molecule has 1 saturated heterocycles. The highest BCUT2D eigenvalue weighted by molar-refractivity contribution is 7.87. The van der Waals surface area contributed by atoms with Gasteiger partial charge in [-0.05, 0) is 64.7 Å². The van der Waals surface area contributed by atoms with Crippen molar-refractivity contribution in [1.82, 2.24) is 19.2 Å². The summed E-state index contributed by atoms with van der Waals surface area (Å²) in [4.78, 5) is 2.40. The van der Waals surface area contributed by atoms with Crippen molar-refractivity contribution in [2.45, 2.75) is 44.6 Å². The van der Waals surface area contributed by atoms with Crippen LogP contribution in [0.15, 0.2) is 0 Å². The molecule has 0 unspecified atom stereocenters. The Morgan fingerprint density at radius 1 is 1.14 bits per heavy atom. The predicted octanol–water partition coefficient (Wildman–Crippen LogP) is 0.381. The number of hydrogen-bond donors (Lipinski definition) is 2. The van der Waals surface area contributed by atoms with Crippen LogP contribution in [0, 0.1) is 0 Å². The maximum absolute atomic E-state index is 12.0. The van der Waals surface area contributed by atoms with Crippen molar-refractivity contribution in [1.29, 1.82) is 0 Å². The Morgan fingerprint density at radius 3 is 2.52 bits per heavy atom. The van der Waals surface area contributed by atoms with Crippen LogP contribution in [0.25, 0.3) is 0 Å². The first-order valence-electron chi connectivity index (χ1n) is 8.24. The average Bonchev–Trinajstić information content (AvgIpc) is 3.13. The van der Waals surface area contributed by atoms with Gasteiger partial charge in [0.05, 0.1) is 0 Å². The van der Waals surface area contributed by atoms with Crippen molar-refractivity contribution in [3.63, 3.8) is 0 Å². The second kappa shape index (κ2) is 8.43. The third kappa shape index (κ3) is 6.61. The highest BCUT2D eigenvalue weighted by Crippen LogP contribution is 2.18. The van der Waals surface area contributed by atoms with E-state index in [1.807, 2.05) is 0 Å². The van der Waals surface area contributed by atoms with Gasteiger partial charge in [-0.15, -0.1) is 0 Å². The zero-order valence-electron chi connectivity index (χ0n) is 13.2. The van der Waals surface area contributed by atoms with Crippen LogP contribution in [0.1, 0.15) is 38.5 Å². The van der Waals surface area contributed by atoms with Crippen molar-refractivity contribution >= 4 is 10.2 Å². The first kappa shape index (κ1) is 17.1. The lowest BCUT2D eigenvalue weighted by molar-refractivity contribution is 0.333. The molecule has 2 aliphatic rings. The second-order valence-corrected chi connectivity index (χ2v) is 8.07. The van der Waals surface area contributed by atoms with E-state index in [-0.39, 0.29) is 0 Å². The minimum atomic E-state index is -3.30. The van der Waals surface area contributed by atoms with E-state index >= 15 is 0 Å². The molecule has 1 aliphatic carbocycles. The Balaban J connectivity index is 1.53. The standard InChI is InChI=1S/C14H30N4O2S/c1-17(10-4-8-15-14-6-7-14)21(19,20)16-9-5-13-18-11-2-3-12-18/h14-16H,2-13H2,1H3. The summed E-state index contributed by atoms with van der Waals surface area (Å²) in [6.45, 7) is 5.34. The molecule has 2 rings (SSSR count). The van der Waals surface area contributed by atoms with Crippen molar-refractivity contribution in [3.05, 3.63) is 0 Å². The largest absolute Gasteiger partial charge is 0.314 e. The quantitative estimate of drug-likeness (QED) is 0.541. The van der Waals surface area contributed by atoms with E-state index < -0.39 is 10.2 Å². The first-order valence-corrected chi connectivity index (χ1v) is 9.68. The van der Waals surface area contributed by atoms with E-state index in [2.05, 4.69) is 14.9 Å². The van der Waals surface area contributed by atoms with Crippen molar-refractivity contribution in [3.8, 4) is 0 Å². The van der Waals surface area contributed by atoms with Crippen molar-refractivity contribution in [2.75, 3.05) is 46.3 Å². The Labute approximate surface area is 129 Å². The molecule has 7 heteroatoms. The maximum Gasteiger partial charge on any atom is 0.279 e. The van der Waals surface area contributed by atoms with E-state index in [0.717, 1.165) is 25.9 Å². The summed E-state index contributed by atoms with van der Waals surface area (Å²) in [6, 6.07) is 0.690. The van der Waals surface area contributed by atoms with Crippen LogP contribution in [0.4, 0.5) is 0 Å². The molecule has 0 radical (unpaired) electrons. The molecule has 1 heterocycles. The van der Waals surface area contributed by atoms with Gasteiger partial charge >= 0.3 is 0 Å². The SMILES string of the molecule is CN(CCCNC1CC1)S(=O)(=O)NCCCN1CCCC1. The number of hydrogen-bond acceptors (Lipinski definition) is 4. The Hall–Kier alpha value is -0.210. The smallest absolute Gasteiger partial charge is 0.279 e. The molecule has 0 atom stereocenters. The molecule has 6 nitrogen and oxygen atoms in total. The molecule has 0 spiro atoms. The molecule has 21 heavy (non-hydrogen) atoms. The molecular formula is C14H30N4O2S. The topological polar surface area (TPSA) is 64.7 Å². The van der Waals surface area contributed by atoms with Crippen LogP contribution >= 0.6 is 0 Å². The summed E-state index contributed by atoms with van der Waals surface area (Å²) in [7, 11) is -1.65. The number of nitrogens with one attached hydrogen (secondary N) is 2. The number of rotatable bonds is 11. The molecule has 0 bridgehead atoms. The summed E-state index contributed by atoms with van der Waals surface area (Å²) in [5.74, 6) is 0. The van der Waals surface area contributed by atoms with Gasteiger partial charge in [0, 0.05) is 26.2 Å². The molecule has 2 fully saturated rings. The zero-order valence-corrected chi connectivity index (χ0v) is 14.0. The maximum atomic E-state index is 12.0. The Kier molecular flexibility index (Phi) is 6.88. The summed E-state index contributed by atoms with van der Waals surface area (Å²) >= 11 is 0. The van der Waals surface area contributed by atoms with Gasteiger partial charge in [-0.2, -0.15) is 12.7 Å². The van der Waals surface area contributed by atoms with Gasteiger partial charge in [-0.25, -0.2) is 4.72 Å². The van der Waals surface area contributed by atoms with Gasteiger partial charge < -0.3 is 10.2 Å². The predicted molar refractivity (Wildman–Crippen MR) is 85.5 cm³/mol. The van der Waals surface area contributed by atoms with Gasteiger partial charge in [0.1, 0.15) is 0 Å². The average molecular weight is 318 g/mol. The van der Waals surface area contributed by atoms with Gasteiger partial charge in [0.25, 0.3) is 10.2 Å². The monoisotopic (exact) mass is 318 g/mol. The lowest BCUT2D eigenvalue weighted by Gasteiger charge is -2.19. The lowest BCUT2D eigenvalue weighted by Crippen LogP contribution is -2.40. The minimum absolute atomic E-state index is 0.531. The Bertz CT molecular complexity index is 392. The van der Waals surface area contributed by atoms with Crippen molar-refractivity contribution < 1.29 is 8.42 Å². The highest BCUT2D eigenvalue weighted by Gasteiger charge is 2.20. The molecule has 124 valence electrons. The molecule has 0 aromatic rings. The van der Waals surface area contributed by atoms with E-state index in [4.69, 9.17) is 0 Å². The van der Waals surface area contributed by atoms with E-state index in [1.54, 1.807) is 7.05 Å². The van der Waals surface area contributed by atoms with E-state index in [1.165, 1.54) is 43.1 Å². The highest BCUT2D eigenvalue weighted by atomic mass is 32.2. The van der Waals surface area contributed by atoms with Gasteiger partial charge in [0.2, 0.25) is 0 Å². The van der Waals surface area contributed by atoms with Crippen LogP contribution in [0.2, 0.25) is 0 Å². The summed E-state index contributed by atoms with van der Waals surface area (Å²) in [5.41, 5.74) is 0. The van der Waals surface area contributed by atoms with Crippen LogP contribution < -0.4 is 10.0 Å². The summed E-state index contributed by atoms with van der Waals surface area (Å²) in [5, 5.41) is 3.40. The van der Waals surface area contributed by atoms with Crippen LogP contribution in [-0.4, -0.2) is 70.0 Å². The first-order chi connectivity index (χ1) is 10.1.